The molecular weight excluding hydrogens is 352 g/mol. The van der Waals surface area contributed by atoms with Gasteiger partial charge in [0.25, 0.3) is 0 Å². The topological polar surface area (TPSA) is 69.0 Å². The van der Waals surface area contributed by atoms with Crippen molar-refractivity contribution in [3.63, 3.8) is 0 Å². The van der Waals surface area contributed by atoms with Crippen molar-refractivity contribution in [1.29, 1.82) is 0 Å². The van der Waals surface area contributed by atoms with E-state index >= 15 is 0 Å². The summed E-state index contributed by atoms with van der Waals surface area (Å²) in [4.78, 5) is 20.4. The zero-order valence-corrected chi connectivity index (χ0v) is 16.6. The number of hydrogen-bond acceptors (Lipinski definition) is 4. The molecule has 6 heteroatoms. The molecule has 3 aromatic rings. The molecule has 0 atom stereocenters. The fourth-order valence-electron chi connectivity index (χ4n) is 2.70. The molecule has 146 valence electrons. The highest BCUT2D eigenvalue weighted by Gasteiger charge is 2.13. The summed E-state index contributed by atoms with van der Waals surface area (Å²) in [6.45, 7) is 7.05. The van der Waals surface area contributed by atoms with Gasteiger partial charge in [-0.1, -0.05) is 32.9 Å². The Kier molecular flexibility index (Phi) is 6.09. The van der Waals surface area contributed by atoms with Crippen LogP contribution >= 0.6 is 0 Å². The van der Waals surface area contributed by atoms with Crippen molar-refractivity contribution in [2.75, 3.05) is 11.9 Å². The normalized spacial score (nSPS) is 11.2. The van der Waals surface area contributed by atoms with Crippen LogP contribution in [0.4, 0.5) is 5.69 Å². The number of carbonyl (C=O) groups is 1. The molecule has 0 unspecified atom stereocenters. The lowest BCUT2D eigenvalue weighted by Crippen LogP contribution is -2.13. The predicted molar refractivity (Wildman–Crippen MR) is 110 cm³/mol. The maximum absolute atomic E-state index is 12.1. The predicted octanol–water partition coefficient (Wildman–Crippen LogP) is 4.36. The van der Waals surface area contributed by atoms with Crippen LogP contribution in [0.2, 0.25) is 0 Å². The molecule has 2 heterocycles. The van der Waals surface area contributed by atoms with Crippen LogP contribution in [0.5, 0.6) is 5.75 Å². The monoisotopic (exact) mass is 378 g/mol. The van der Waals surface area contributed by atoms with Crippen molar-refractivity contribution in [3.8, 4) is 11.6 Å². The Morgan fingerprint density at radius 2 is 1.93 bits per heavy atom. The lowest BCUT2D eigenvalue weighted by atomic mass is 9.87. The smallest absolute Gasteiger partial charge is 0.224 e. The van der Waals surface area contributed by atoms with E-state index in [1.165, 1.54) is 5.56 Å². The van der Waals surface area contributed by atoms with E-state index in [1.807, 2.05) is 30.5 Å². The number of nitrogens with one attached hydrogen (secondary N) is 1. The molecular formula is C22H26N4O2. The van der Waals surface area contributed by atoms with Gasteiger partial charge in [0.2, 0.25) is 5.91 Å². The maximum Gasteiger partial charge on any atom is 0.224 e. The van der Waals surface area contributed by atoms with Crippen molar-refractivity contribution in [2.45, 2.75) is 39.0 Å². The molecule has 0 aliphatic carbocycles. The zero-order chi connectivity index (χ0) is 20.0. The van der Waals surface area contributed by atoms with E-state index in [-0.39, 0.29) is 11.3 Å². The average Bonchev–Trinajstić information content (AvgIpc) is 3.20. The van der Waals surface area contributed by atoms with Gasteiger partial charge in [-0.05, 0) is 41.7 Å². The largest absolute Gasteiger partial charge is 0.494 e. The first-order valence-electron chi connectivity index (χ1n) is 9.39. The molecule has 0 saturated carbocycles. The van der Waals surface area contributed by atoms with E-state index in [0.29, 0.717) is 25.1 Å². The van der Waals surface area contributed by atoms with Crippen molar-refractivity contribution in [1.82, 2.24) is 14.5 Å². The van der Waals surface area contributed by atoms with Crippen LogP contribution in [0.3, 0.4) is 0 Å². The van der Waals surface area contributed by atoms with Gasteiger partial charge in [0.15, 0.2) is 0 Å². The summed E-state index contributed by atoms with van der Waals surface area (Å²) < 4.78 is 7.53. The minimum atomic E-state index is -0.0520. The summed E-state index contributed by atoms with van der Waals surface area (Å²) in [5.41, 5.74) is 2.07. The number of hydrogen-bond donors (Lipinski definition) is 1. The Hall–Kier alpha value is -3.15. The summed E-state index contributed by atoms with van der Waals surface area (Å²) in [6, 6.07) is 11.8. The van der Waals surface area contributed by atoms with E-state index in [1.54, 1.807) is 23.3 Å². The quantitative estimate of drug-likeness (QED) is 0.620. The lowest BCUT2D eigenvalue weighted by molar-refractivity contribution is -0.116. The van der Waals surface area contributed by atoms with Gasteiger partial charge in [0.05, 0.1) is 18.5 Å². The Bertz CT molecular complexity index is 880. The van der Waals surface area contributed by atoms with E-state index in [4.69, 9.17) is 4.74 Å². The third-order valence-electron chi connectivity index (χ3n) is 4.34. The molecule has 0 aliphatic rings. The molecule has 6 nitrogen and oxygen atoms in total. The summed E-state index contributed by atoms with van der Waals surface area (Å²) in [7, 11) is 0. The van der Waals surface area contributed by atoms with Crippen LogP contribution in [-0.2, 0) is 10.2 Å². The number of nitrogens with zero attached hydrogens (tertiary/aromatic N) is 3. The van der Waals surface area contributed by atoms with Crippen LogP contribution in [0.15, 0.2) is 61.3 Å². The molecule has 1 N–H and O–H groups in total. The second kappa shape index (κ2) is 8.69. The standard InChI is InChI=1S/C22H26N4O2/c1-22(2,3)17-6-9-19(10-7-17)28-14-4-5-21(27)25-18-8-11-20(24-15-18)26-13-12-23-16-26/h6-13,15-16H,4-5,14H2,1-3H3,(H,25,27). The molecule has 3 rings (SSSR count). The first-order valence-corrected chi connectivity index (χ1v) is 9.39. The van der Waals surface area contributed by atoms with Crippen LogP contribution in [0.1, 0.15) is 39.2 Å². The second-order valence-corrected chi connectivity index (χ2v) is 7.65. The highest BCUT2D eigenvalue weighted by atomic mass is 16.5. The Morgan fingerprint density at radius 1 is 1.14 bits per heavy atom. The van der Waals surface area contributed by atoms with Gasteiger partial charge in [-0.3, -0.25) is 9.36 Å². The number of imidazole rings is 1. The Labute approximate surface area is 165 Å². The van der Waals surface area contributed by atoms with Gasteiger partial charge in [0, 0.05) is 18.8 Å². The van der Waals surface area contributed by atoms with Crippen LogP contribution in [0, 0.1) is 0 Å². The van der Waals surface area contributed by atoms with Gasteiger partial charge >= 0.3 is 0 Å². The molecule has 0 radical (unpaired) electrons. The van der Waals surface area contributed by atoms with Gasteiger partial charge in [0.1, 0.15) is 17.9 Å². The SMILES string of the molecule is CC(C)(C)c1ccc(OCCCC(=O)Nc2ccc(-n3ccnc3)nc2)cc1. The second-order valence-electron chi connectivity index (χ2n) is 7.65. The fourth-order valence-corrected chi connectivity index (χ4v) is 2.70. The summed E-state index contributed by atoms with van der Waals surface area (Å²) >= 11 is 0. The molecule has 0 bridgehead atoms. The molecule has 0 saturated heterocycles. The van der Waals surface area contributed by atoms with E-state index < -0.39 is 0 Å². The van der Waals surface area contributed by atoms with E-state index in [9.17, 15) is 4.79 Å². The van der Waals surface area contributed by atoms with E-state index in [2.05, 4.69) is 48.2 Å². The molecule has 0 aliphatic heterocycles. The van der Waals surface area contributed by atoms with Crippen LogP contribution < -0.4 is 10.1 Å². The van der Waals surface area contributed by atoms with Crippen molar-refractivity contribution in [3.05, 3.63) is 66.9 Å². The van der Waals surface area contributed by atoms with Crippen molar-refractivity contribution < 1.29 is 9.53 Å². The fraction of sp³-hybridized carbons (Fsp3) is 0.318. The number of carbonyl (C=O) groups excluding carboxylic acids is 1. The maximum atomic E-state index is 12.1. The Balaban J connectivity index is 1.40. The Morgan fingerprint density at radius 3 is 2.54 bits per heavy atom. The minimum absolute atomic E-state index is 0.0520. The van der Waals surface area contributed by atoms with Gasteiger partial charge < -0.3 is 10.1 Å². The number of pyridine rings is 1. The van der Waals surface area contributed by atoms with Crippen molar-refractivity contribution in [2.24, 2.45) is 0 Å². The molecule has 1 amide bonds. The molecule has 0 fully saturated rings. The minimum Gasteiger partial charge on any atom is -0.494 e. The van der Waals surface area contributed by atoms with Crippen LogP contribution in [0.25, 0.3) is 5.82 Å². The number of anilines is 1. The van der Waals surface area contributed by atoms with Crippen molar-refractivity contribution >= 4 is 11.6 Å². The first kappa shape index (κ1) is 19.6. The molecule has 28 heavy (non-hydrogen) atoms. The highest BCUT2D eigenvalue weighted by molar-refractivity contribution is 5.90. The zero-order valence-electron chi connectivity index (χ0n) is 16.6. The summed E-state index contributed by atoms with van der Waals surface area (Å²) in [5, 5.41) is 2.86. The molecule has 1 aromatic carbocycles. The summed E-state index contributed by atoms with van der Waals surface area (Å²) in [6.07, 6.45) is 7.87. The third kappa shape index (κ3) is 5.42. The number of benzene rings is 1. The molecule has 0 spiro atoms. The van der Waals surface area contributed by atoms with Gasteiger partial charge in [-0.25, -0.2) is 9.97 Å². The van der Waals surface area contributed by atoms with Gasteiger partial charge in [-0.15, -0.1) is 0 Å². The number of rotatable bonds is 7. The first-order chi connectivity index (χ1) is 13.4. The third-order valence-corrected chi connectivity index (χ3v) is 4.34. The lowest BCUT2D eigenvalue weighted by Gasteiger charge is -2.19. The van der Waals surface area contributed by atoms with Crippen LogP contribution in [-0.4, -0.2) is 27.0 Å². The number of amides is 1. The van der Waals surface area contributed by atoms with Gasteiger partial charge in [-0.2, -0.15) is 0 Å². The number of aromatic nitrogens is 3. The summed E-state index contributed by atoms with van der Waals surface area (Å²) in [5.74, 6) is 1.53. The molecule has 2 aromatic heterocycles. The highest BCUT2D eigenvalue weighted by Crippen LogP contribution is 2.24. The average molecular weight is 378 g/mol. The van der Waals surface area contributed by atoms with E-state index in [0.717, 1.165) is 11.6 Å². The number of ether oxygens (including phenoxy) is 1.